The van der Waals surface area contributed by atoms with Crippen LogP contribution in [-0.2, 0) is 28.6 Å². The molecule has 0 aliphatic carbocycles. The van der Waals surface area contributed by atoms with E-state index in [0.717, 1.165) is 0 Å². The van der Waals surface area contributed by atoms with Crippen LogP contribution >= 0.6 is 0 Å². The van der Waals surface area contributed by atoms with E-state index < -0.39 is 48.1 Å². The number of unbranched alkanes of at least 4 members (excludes halogenated alkanes) is 1. The van der Waals surface area contributed by atoms with E-state index in [-0.39, 0.29) is 12.8 Å². The molecule has 0 aromatic heterocycles. The summed E-state index contributed by atoms with van der Waals surface area (Å²) in [5, 5.41) is 29.9. The molecule has 2 aliphatic rings. The van der Waals surface area contributed by atoms with Crippen LogP contribution in [0.2, 0.25) is 0 Å². The second-order valence-electron chi connectivity index (χ2n) is 5.19. The van der Waals surface area contributed by atoms with Gasteiger partial charge >= 0.3 is 29.7 Å². The highest BCUT2D eigenvalue weighted by molar-refractivity contribution is 5.92. The van der Waals surface area contributed by atoms with Crippen LogP contribution in [0.25, 0.3) is 0 Å². The first-order valence-electron chi connectivity index (χ1n) is 6.48. The van der Waals surface area contributed by atoms with E-state index in [1.165, 1.54) is 0 Å². The molecule has 0 aromatic rings. The summed E-state index contributed by atoms with van der Waals surface area (Å²) in [4.78, 5) is 35.3. The van der Waals surface area contributed by atoms with Crippen LogP contribution in [-0.4, -0.2) is 50.6 Å². The second-order valence-corrected chi connectivity index (χ2v) is 5.19. The Hall–Kier alpha value is -1.71. The van der Waals surface area contributed by atoms with Crippen molar-refractivity contribution in [3.05, 3.63) is 0 Å². The van der Waals surface area contributed by atoms with Crippen molar-refractivity contribution in [1.29, 1.82) is 0 Å². The normalized spacial score (nSPS) is 35.1. The first-order chi connectivity index (χ1) is 9.64. The maximum atomic E-state index is 12.0. The Morgan fingerprint density at radius 1 is 1.00 bits per heavy atom. The summed E-state index contributed by atoms with van der Waals surface area (Å²) in [7, 11) is 0. The van der Waals surface area contributed by atoms with Gasteiger partial charge in [0.25, 0.3) is 0 Å². The molecule has 2 heterocycles. The van der Waals surface area contributed by atoms with Gasteiger partial charge in [-0.15, -0.1) is 0 Å². The Bertz CT molecular complexity index is 485. The summed E-state index contributed by atoms with van der Waals surface area (Å²) >= 11 is 0. The van der Waals surface area contributed by atoms with Gasteiger partial charge in [0.15, 0.2) is 5.60 Å². The molecule has 9 heteroatoms. The van der Waals surface area contributed by atoms with Gasteiger partial charge in [-0.3, -0.25) is 9.59 Å². The molecule has 0 amide bonds. The Morgan fingerprint density at radius 3 is 2.14 bits per heavy atom. The Kier molecular flexibility index (Phi) is 3.68. The molecule has 2 saturated heterocycles. The first-order valence-corrected chi connectivity index (χ1v) is 6.48. The highest BCUT2D eigenvalue weighted by Crippen LogP contribution is 2.40. The van der Waals surface area contributed by atoms with Crippen molar-refractivity contribution in [2.24, 2.45) is 0 Å². The van der Waals surface area contributed by atoms with Gasteiger partial charge in [-0.2, -0.15) is 0 Å². The van der Waals surface area contributed by atoms with E-state index in [9.17, 15) is 29.7 Å². The predicted molar refractivity (Wildman–Crippen MR) is 61.9 cm³/mol. The highest BCUT2D eigenvalue weighted by atomic mass is 16.9. The van der Waals surface area contributed by atoms with Crippen molar-refractivity contribution < 1.29 is 43.9 Å². The molecule has 21 heavy (non-hydrogen) atoms. The van der Waals surface area contributed by atoms with E-state index in [1.54, 1.807) is 6.92 Å². The minimum atomic E-state index is -3.34. The molecule has 9 nitrogen and oxygen atoms in total. The highest BCUT2D eigenvalue weighted by Gasteiger charge is 2.66. The fraction of sp³-hybridized carbons (Fsp3) is 0.750. The maximum Gasteiger partial charge on any atom is 0.406 e. The van der Waals surface area contributed by atoms with Crippen molar-refractivity contribution in [2.75, 3.05) is 0 Å². The van der Waals surface area contributed by atoms with Crippen LogP contribution in [0.3, 0.4) is 0 Å². The first kappa shape index (κ1) is 15.7. The number of cyclic esters (lactones) is 1. The summed E-state index contributed by atoms with van der Waals surface area (Å²) in [6, 6.07) is 0. The third-order valence-corrected chi connectivity index (χ3v) is 3.40. The lowest BCUT2D eigenvalue weighted by molar-refractivity contribution is -0.446. The number of carbonyl (C=O) groups is 3. The molecule has 2 atom stereocenters. The SMILES string of the molecule is CCCCC12OC(=O)CC(O)(CC(=O)OC1(O)O)C(=O)O2. The molecule has 0 saturated carbocycles. The van der Waals surface area contributed by atoms with Crippen molar-refractivity contribution in [2.45, 2.75) is 56.4 Å². The maximum absolute atomic E-state index is 12.0. The molecule has 2 bridgehead atoms. The minimum absolute atomic E-state index is 0.277. The zero-order valence-corrected chi connectivity index (χ0v) is 11.3. The third-order valence-electron chi connectivity index (χ3n) is 3.40. The van der Waals surface area contributed by atoms with Crippen molar-refractivity contribution in [1.82, 2.24) is 0 Å². The molecule has 118 valence electrons. The third kappa shape index (κ3) is 2.59. The molecular weight excluding hydrogens is 288 g/mol. The van der Waals surface area contributed by atoms with Gasteiger partial charge in [0.2, 0.25) is 0 Å². The average Bonchev–Trinajstić information content (AvgIpc) is 2.40. The Labute approximate surface area is 119 Å². The van der Waals surface area contributed by atoms with Gasteiger partial charge < -0.3 is 29.5 Å². The summed E-state index contributed by atoms with van der Waals surface area (Å²) in [6.45, 7) is 1.76. The Balaban J connectivity index is 2.53. The standard InChI is InChI=1S/C12H16O9/c1-2-3-4-11-12(17,18)20-8(14)6-10(16,9(15)21-11)5-7(13)19-11/h16-18H,2-6H2,1H3. The lowest BCUT2D eigenvalue weighted by Gasteiger charge is -2.40. The predicted octanol–water partition coefficient (Wildman–Crippen LogP) is -1.32. The number of fused-ring (bicyclic) bond motifs is 3. The van der Waals surface area contributed by atoms with Crippen LogP contribution in [0.5, 0.6) is 0 Å². The summed E-state index contributed by atoms with van der Waals surface area (Å²) in [6.07, 6.45) is -1.28. The Morgan fingerprint density at radius 2 is 1.57 bits per heavy atom. The van der Waals surface area contributed by atoms with Crippen LogP contribution < -0.4 is 0 Å². The number of hydrogen-bond acceptors (Lipinski definition) is 9. The van der Waals surface area contributed by atoms with Gasteiger partial charge in [-0.1, -0.05) is 13.3 Å². The van der Waals surface area contributed by atoms with Crippen molar-refractivity contribution in [3.63, 3.8) is 0 Å². The number of rotatable bonds is 3. The smallest absolute Gasteiger partial charge is 0.406 e. The van der Waals surface area contributed by atoms with Crippen LogP contribution in [0.15, 0.2) is 0 Å². The minimum Gasteiger partial charge on any atom is -0.413 e. The summed E-state index contributed by atoms with van der Waals surface area (Å²) in [5.41, 5.74) is -2.45. The molecule has 2 fully saturated rings. The van der Waals surface area contributed by atoms with E-state index in [0.29, 0.717) is 6.42 Å². The molecule has 0 radical (unpaired) electrons. The quantitative estimate of drug-likeness (QED) is 0.427. The monoisotopic (exact) mass is 304 g/mol. The molecule has 2 unspecified atom stereocenters. The largest absolute Gasteiger partial charge is 0.413 e. The molecule has 2 rings (SSSR count). The molecule has 0 aromatic carbocycles. The lowest BCUT2D eigenvalue weighted by atomic mass is 9.95. The number of ether oxygens (including phenoxy) is 3. The van der Waals surface area contributed by atoms with Gasteiger partial charge in [-0.05, 0) is 6.42 Å². The average molecular weight is 304 g/mol. The van der Waals surface area contributed by atoms with E-state index in [2.05, 4.69) is 4.74 Å². The van der Waals surface area contributed by atoms with Crippen molar-refractivity contribution in [3.8, 4) is 0 Å². The van der Waals surface area contributed by atoms with E-state index in [4.69, 9.17) is 9.47 Å². The number of hydrogen-bond donors (Lipinski definition) is 3. The summed E-state index contributed by atoms with van der Waals surface area (Å²) < 4.78 is 14.1. The van der Waals surface area contributed by atoms with Gasteiger partial charge in [0.1, 0.15) is 0 Å². The van der Waals surface area contributed by atoms with Gasteiger partial charge in [0, 0.05) is 6.42 Å². The second kappa shape index (κ2) is 4.93. The van der Waals surface area contributed by atoms with Crippen LogP contribution in [0.4, 0.5) is 0 Å². The fourth-order valence-corrected chi connectivity index (χ4v) is 2.25. The van der Waals surface area contributed by atoms with Crippen LogP contribution in [0.1, 0.15) is 39.0 Å². The molecule has 2 aliphatic heterocycles. The number of esters is 3. The zero-order valence-electron chi connectivity index (χ0n) is 11.3. The van der Waals surface area contributed by atoms with Crippen LogP contribution in [0, 0.1) is 0 Å². The fourth-order valence-electron chi connectivity index (χ4n) is 2.25. The van der Waals surface area contributed by atoms with Gasteiger partial charge in [0.05, 0.1) is 12.8 Å². The molecule has 0 spiro atoms. The van der Waals surface area contributed by atoms with E-state index >= 15 is 0 Å². The summed E-state index contributed by atoms with van der Waals surface area (Å²) in [5.74, 6) is -9.65. The number of aliphatic hydroxyl groups is 3. The van der Waals surface area contributed by atoms with Gasteiger partial charge in [-0.25, -0.2) is 4.79 Å². The topological polar surface area (TPSA) is 140 Å². The number of carbonyl (C=O) groups excluding carboxylic acids is 3. The zero-order chi connectivity index (χ0) is 15.9. The van der Waals surface area contributed by atoms with Crippen molar-refractivity contribution >= 4 is 17.9 Å². The lowest BCUT2D eigenvalue weighted by Crippen LogP contribution is -2.63. The molecular formula is C12H16O9. The van der Waals surface area contributed by atoms with E-state index in [1.807, 2.05) is 0 Å². The molecule has 3 N–H and O–H groups in total.